The van der Waals surface area contributed by atoms with Crippen molar-refractivity contribution in [2.45, 2.75) is 6.54 Å². The molecular weight excluding hydrogens is 336 g/mol. The summed E-state index contributed by atoms with van der Waals surface area (Å²) in [5.41, 5.74) is 5.78. The molecule has 1 aliphatic rings. The summed E-state index contributed by atoms with van der Waals surface area (Å²) in [6, 6.07) is 16.3. The molecule has 0 radical (unpaired) electrons. The van der Waals surface area contributed by atoms with Gasteiger partial charge in [0.2, 0.25) is 0 Å². The van der Waals surface area contributed by atoms with Gasteiger partial charge >= 0.3 is 6.00 Å². The Bertz CT molecular complexity index is 791. The lowest BCUT2D eigenvalue weighted by atomic mass is 10.0. The summed E-state index contributed by atoms with van der Waals surface area (Å²) in [4.78, 5) is 0. The molecule has 1 N–H and O–H groups in total. The van der Waals surface area contributed by atoms with Crippen LogP contribution in [-0.4, -0.2) is 0 Å². The zero-order chi connectivity index (χ0) is 15.6. The van der Waals surface area contributed by atoms with Crippen molar-refractivity contribution in [3.63, 3.8) is 0 Å². The fourth-order valence-electron chi connectivity index (χ4n) is 2.40. The van der Waals surface area contributed by atoms with Crippen molar-refractivity contribution >= 4 is 46.2 Å². The van der Waals surface area contributed by atoms with E-state index in [1.807, 2.05) is 36.4 Å². The molecule has 112 valence electrons. The summed E-state index contributed by atoms with van der Waals surface area (Å²) in [5, 5.41) is 2.60. The van der Waals surface area contributed by atoms with Crippen molar-refractivity contribution in [1.29, 1.82) is 0 Å². The number of benzene rings is 2. The zero-order valence-electron chi connectivity index (χ0n) is 11.7. The van der Waals surface area contributed by atoms with Crippen LogP contribution in [-0.2, 0) is 11.1 Å². The minimum absolute atomic E-state index is 0.379. The van der Waals surface area contributed by atoms with E-state index < -0.39 is 6.00 Å². The minimum atomic E-state index is -3.23. The lowest BCUT2D eigenvalue weighted by molar-refractivity contribution is 0.584. The Balaban J connectivity index is 1.76. The summed E-state index contributed by atoms with van der Waals surface area (Å²) < 4.78 is 11.2. The second kappa shape index (κ2) is 6.44. The van der Waals surface area contributed by atoms with Gasteiger partial charge in [0, 0.05) is 6.54 Å². The van der Waals surface area contributed by atoms with Crippen LogP contribution in [0.1, 0.15) is 22.3 Å². The normalized spacial score (nSPS) is 15.3. The van der Waals surface area contributed by atoms with E-state index in [4.69, 9.17) is 22.5 Å². The molecule has 0 bridgehead atoms. The van der Waals surface area contributed by atoms with Crippen LogP contribution < -0.4 is 5.09 Å². The lowest BCUT2D eigenvalue weighted by Gasteiger charge is -2.06. The molecule has 2 aromatic rings. The SMILES string of the molecule is O=P(Cl)(Cl)NCc1ccc(/C=C2\C=Cc3ccccc32)cc1. The van der Waals surface area contributed by atoms with E-state index in [0.29, 0.717) is 6.54 Å². The fraction of sp³-hybridized carbons (Fsp3) is 0.0588. The summed E-state index contributed by atoms with van der Waals surface area (Å²) in [6.45, 7) is 0.379. The molecule has 3 rings (SSSR count). The molecule has 22 heavy (non-hydrogen) atoms. The van der Waals surface area contributed by atoms with E-state index in [1.165, 1.54) is 16.7 Å². The first-order valence-electron chi connectivity index (χ1n) is 6.84. The lowest BCUT2D eigenvalue weighted by Crippen LogP contribution is -2.03. The Morgan fingerprint density at radius 1 is 1.00 bits per heavy atom. The molecule has 0 atom stereocenters. The molecule has 0 saturated carbocycles. The second-order valence-corrected chi connectivity index (χ2v) is 9.68. The van der Waals surface area contributed by atoms with E-state index >= 15 is 0 Å². The van der Waals surface area contributed by atoms with Gasteiger partial charge < -0.3 is 0 Å². The van der Waals surface area contributed by atoms with Crippen molar-refractivity contribution in [2.75, 3.05) is 0 Å². The van der Waals surface area contributed by atoms with Crippen molar-refractivity contribution < 1.29 is 4.57 Å². The van der Waals surface area contributed by atoms with E-state index in [0.717, 1.165) is 11.1 Å². The molecule has 5 heteroatoms. The predicted molar refractivity (Wildman–Crippen MR) is 95.9 cm³/mol. The number of hydrogen-bond acceptors (Lipinski definition) is 1. The van der Waals surface area contributed by atoms with Crippen LogP contribution in [0.5, 0.6) is 0 Å². The predicted octanol–water partition coefficient (Wildman–Crippen LogP) is 5.93. The summed E-state index contributed by atoms with van der Waals surface area (Å²) in [5.74, 6) is -3.23. The van der Waals surface area contributed by atoms with Crippen molar-refractivity contribution in [2.24, 2.45) is 0 Å². The highest BCUT2D eigenvalue weighted by molar-refractivity contribution is 8.07. The maximum absolute atomic E-state index is 11.2. The first kappa shape index (κ1) is 15.6. The Morgan fingerprint density at radius 2 is 1.73 bits per heavy atom. The van der Waals surface area contributed by atoms with Crippen molar-refractivity contribution in [1.82, 2.24) is 5.09 Å². The molecular formula is C17H14Cl2NOP. The van der Waals surface area contributed by atoms with Crippen molar-refractivity contribution in [3.05, 3.63) is 76.9 Å². The van der Waals surface area contributed by atoms with Gasteiger partial charge in [0.1, 0.15) is 0 Å². The molecule has 0 saturated heterocycles. The zero-order valence-corrected chi connectivity index (χ0v) is 14.1. The molecule has 0 unspecified atom stereocenters. The number of halogens is 2. The van der Waals surface area contributed by atoms with Crippen LogP contribution in [0, 0.1) is 0 Å². The highest BCUT2D eigenvalue weighted by Gasteiger charge is 2.12. The third-order valence-corrected chi connectivity index (χ3v) is 4.73. The van der Waals surface area contributed by atoms with Crippen LogP contribution in [0.3, 0.4) is 0 Å². The topological polar surface area (TPSA) is 29.1 Å². The van der Waals surface area contributed by atoms with E-state index in [1.54, 1.807) is 0 Å². The van der Waals surface area contributed by atoms with Gasteiger partial charge in [-0.15, -0.1) is 0 Å². The average Bonchev–Trinajstić information content (AvgIpc) is 2.89. The van der Waals surface area contributed by atoms with E-state index in [-0.39, 0.29) is 0 Å². The molecule has 0 spiro atoms. The molecule has 2 aromatic carbocycles. The van der Waals surface area contributed by atoms with Gasteiger partial charge in [0.15, 0.2) is 0 Å². The number of rotatable bonds is 4. The highest BCUT2D eigenvalue weighted by Crippen LogP contribution is 2.52. The quantitative estimate of drug-likeness (QED) is 0.693. The third kappa shape index (κ3) is 3.91. The molecule has 1 aliphatic carbocycles. The van der Waals surface area contributed by atoms with E-state index in [2.05, 4.69) is 35.4 Å². The molecule has 0 aliphatic heterocycles. The molecule has 0 fully saturated rings. The standard InChI is InChI=1S/C17H14Cl2NOP/c18-22(19,21)20-12-14-7-5-13(6-8-14)11-16-10-9-15-3-1-2-4-17(15)16/h1-11H,12H2,(H,20,21)/b16-11+. The number of fused-ring (bicyclic) bond motifs is 1. The van der Waals surface area contributed by atoms with Gasteiger partial charge in [-0.05, 0) is 56.4 Å². The average molecular weight is 350 g/mol. The molecule has 0 heterocycles. The summed E-state index contributed by atoms with van der Waals surface area (Å²) in [7, 11) is 0. The van der Waals surface area contributed by atoms with Crippen LogP contribution in [0.25, 0.3) is 17.7 Å². The largest absolute Gasteiger partial charge is 0.319 e. The van der Waals surface area contributed by atoms with Crippen LogP contribution >= 0.6 is 28.5 Å². The second-order valence-electron chi connectivity index (χ2n) is 5.06. The first-order chi connectivity index (χ1) is 10.5. The van der Waals surface area contributed by atoms with Gasteiger partial charge in [-0.25, -0.2) is 5.09 Å². The van der Waals surface area contributed by atoms with Gasteiger partial charge in [-0.1, -0.05) is 60.7 Å². The van der Waals surface area contributed by atoms with Crippen LogP contribution in [0.15, 0.2) is 54.6 Å². The van der Waals surface area contributed by atoms with Crippen molar-refractivity contribution in [3.8, 4) is 0 Å². The molecule has 0 aromatic heterocycles. The highest BCUT2D eigenvalue weighted by atomic mass is 35.9. The first-order valence-corrected chi connectivity index (χ1v) is 10.4. The number of hydrogen-bond donors (Lipinski definition) is 1. The van der Waals surface area contributed by atoms with E-state index in [9.17, 15) is 4.57 Å². The Labute approximate surface area is 139 Å². The molecule has 0 amide bonds. The van der Waals surface area contributed by atoms with Crippen LogP contribution in [0.2, 0.25) is 0 Å². The smallest absolute Gasteiger partial charge is 0.271 e. The molecule has 2 nitrogen and oxygen atoms in total. The van der Waals surface area contributed by atoms with Crippen LogP contribution in [0.4, 0.5) is 0 Å². The Hall–Kier alpha value is -1.31. The van der Waals surface area contributed by atoms with Gasteiger partial charge in [0.05, 0.1) is 0 Å². The summed E-state index contributed by atoms with van der Waals surface area (Å²) in [6.07, 6.45) is 6.39. The Morgan fingerprint density at radius 3 is 2.45 bits per heavy atom. The van der Waals surface area contributed by atoms with Gasteiger partial charge in [0.25, 0.3) is 0 Å². The van der Waals surface area contributed by atoms with Gasteiger partial charge in [-0.3, -0.25) is 4.57 Å². The number of nitrogens with one attached hydrogen (secondary N) is 1. The summed E-state index contributed by atoms with van der Waals surface area (Å²) >= 11 is 10.9. The minimum Gasteiger partial charge on any atom is -0.271 e. The Kier molecular flexibility index (Phi) is 4.56. The number of allylic oxidation sites excluding steroid dienone is 2. The monoisotopic (exact) mass is 349 g/mol. The fourth-order valence-corrected chi connectivity index (χ4v) is 3.12. The third-order valence-electron chi connectivity index (χ3n) is 3.48. The van der Waals surface area contributed by atoms with Gasteiger partial charge in [-0.2, -0.15) is 0 Å². The maximum Gasteiger partial charge on any atom is 0.319 e. The maximum atomic E-state index is 11.2.